The molecule has 134 valence electrons. The number of amides is 1. The van der Waals surface area contributed by atoms with Gasteiger partial charge in [-0.1, -0.05) is 42.5 Å². The van der Waals surface area contributed by atoms with E-state index in [-0.39, 0.29) is 5.91 Å². The molecular weight excluding hydrogens is 356 g/mol. The number of benzene rings is 2. The first kappa shape index (κ1) is 17.2. The van der Waals surface area contributed by atoms with Crippen LogP contribution < -0.4 is 5.32 Å². The van der Waals surface area contributed by atoms with Gasteiger partial charge in [0, 0.05) is 23.5 Å². The van der Waals surface area contributed by atoms with Crippen LogP contribution in [0.4, 0.5) is 0 Å². The molecule has 4 aromatic rings. The van der Waals surface area contributed by atoms with Gasteiger partial charge in [-0.2, -0.15) is 5.10 Å². The Balaban J connectivity index is 1.44. The molecule has 0 saturated carbocycles. The standard InChI is InChI=1S/C21H18N4OS/c26-21(18-9-4-6-16(12-18)14-25-11-5-10-24-25)22-13-19-20(23-15-27-19)17-7-2-1-3-8-17/h1-12,15H,13-14H2,(H,22,26). The topological polar surface area (TPSA) is 59.8 Å². The molecular formula is C21H18N4OS. The molecule has 2 aromatic heterocycles. The minimum Gasteiger partial charge on any atom is -0.347 e. The predicted octanol–water partition coefficient (Wildman–Crippen LogP) is 3.98. The van der Waals surface area contributed by atoms with E-state index in [0.717, 1.165) is 21.7 Å². The Morgan fingerprint density at radius 2 is 1.96 bits per heavy atom. The van der Waals surface area contributed by atoms with E-state index in [1.807, 2.05) is 77.1 Å². The molecule has 0 radical (unpaired) electrons. The normalized spacial score (nSPS) is 10.7. The van der Waals surface area contributed by atoms with Crippen LogP contribution in [0.25, 0.3) is 11.3 Å². The fraction of sp³-hybridized carbons (Fsp3) is 0.0952. The van der Waals surface area contributed by atoms with Crippen LogP contribution in [0.3, 0.4) is 0 Å². The van der Waals surface area contributed by atoms with E-state index in [1.165, 1.54) is 0 Å². The molecule has 0 aliphatic rings. The summed E-state index contributed by atoms with van der Waals surface area (Å²) in [6.45, 7) is 1.10. The molecule has 0 aliphatic carbocycles. The quantitative estimate of drug-likeness (QED) is 0.555. The summed E-state index contributed by atoms with van der Waals surface area (Å²) in [5.41, 5.74) is 5.48. The largest absolute Gasteiger partial charge is 0.347 e. The lowest BCUT2D eigenvalue weighted by Gasteiger charge is -2.08. The van der Waals surface area contributed by atoms with Crippen molar-refractivity contribution in [3.63, 3.8) is 0 Å². The Bertz CT molecular complexity index is 1030. The third-order valence-electron chi connectivity index (χ3n) is 4.19. The van der Waals surface area contributed by atoms with Gasteiger partial charge in [-0.3, -0.25) is 9.48 Å². The zero-order valence-electron chi connectivity index (χ0n) is 14.6. The van der Waals surface area contributed by atoms with Crippen molar-refractivity contribution in [3.8, 4) is 11.3 Å². The molecule has 6 heteroatoms. The van der Waals surface area contributed by atoms with Crippen molar-refractivity contribution in [2.45, 2.75) is 13.1 Å². The summed E-state index contributed by atoms with van der Waals surface area (Å²) in [6.07, 6.45) is 3.65. The molecule has 0 fully saturated rings. The van der Waals surface area contributed by atoms with Crippen LogP contribution in [0.5, 0.6) is 0 Å². The van der Waals surface area contributed by atoms with Crippen molar-refractivity contribution in [1.29, 1.82) is 0 Å². The molecule has 27 heavy (non-hydrogen) atoms. The summed E-state index contributed by atoms with van der Waals surface area (Å²) in [5, 5.41) is 7.21. The first-order valence-corrected chi connectivity index (χ1v) is 9.50. The summed E-state index contributed by atoms with van der Waals surface area (Å²) >= 11 is 1.55. The second kappa shape index (κ2) is 7.97. The number of rotatable bonds is 6. The number of hydrogen-bond donors (Lipinski definition) is 1. The van der Waals surface area contributed by atoms with E-state index >= 15 is 0 Å². The van der Waals surface area contributed by atoms with Crippen LogP contribution in [0.2, 0.25) is 0 Å². The Hall–Kier alpha value is -3.25. The van der Waals surface area contributed by atoms with Gasteiger partial charge in [-0.15, -0.1) is 11.3 Å². The number of hydrogen-bond acceptors (Lipinski definition) is 4. The second-order valence-electron chi connectivity index (χ2n) is 6.08. The van der Waals surface area contributed by atoms with Gasteiger partial charge in [0.05, 0.1) is 29.2 Å². The van der Waals surface area contributed by atoms with E-state index < -0.39 is 0 Å². The summed E-state index contributed by atoms with van der Waals surface area (Å²) in [7, 11) is 0. The van der Waals surface area contributed by atoms with Gasteiger partial charge >= 0.3 is 0 Å². The molecule has 1 N–H and O–H groups in total. The van der Waals surface area contributed by atoms with Gasteiger partial charge in [-0.25, -0.2) is 4.98 Å². The molecule has 2 aromatic carbocycles. The van der Waals surface area contributed by atoms with E-state index in [4.69, 9.17) is 0 Å². The molecule has 1 amide bonds. The van der Waals surface area contributed by atoms with Gasteiger partial charge in [0.1, 0.15) is 0 Å². The Labute approximate surface area is 161 Å². The number of aromatic nitrogens is 3. The number of nitrogens with zero attached hydrogens (tertiary/aromatic N) is 3. The highest BCUT2D eigenvalue weighted by atomic mass is 32.1. The predicted molar refractivity (Wildman–Crippen MR) is 106 cm³/mol. The maximum absolute atomic E-state index is 12.6. The summed E-state index contributed by atoms with van der Waals surface area (Å²) in [4.78, 5) is 18.1. The second-order valence-corrected chi connectivity index (χ2v) is 7.02. The highest BCUT2D eigenvalue weighted by molar-refractivity contribution is 7.10. The molecule has 0 bridgehead atoms. The highest BCUT2D eigenvalue weighted by Gasteiger charge is 2.11. The summed E-state index contributed by atoms with van der Waals surface area (Å²) < 4.78 is 1.83. The SMILES string of the molecule is O=C(NCc1scnc1-c1ccccc1)c1cccc(Cn2cccn2)c1. The van der Waals surface area contributed by atoms with Gasteiger partial charge in [-0.05, 0) is 23.8 Å². The molecule has 2 heterocycles. The van der Waals surface area contributed by atoms with E-state index in [0.29, 0.717) is 18.7 Å². The zero-order valence-corrected chi connectivity index (χ0v) is 15.4. The lowest BCUT2D eigenvalue weighted by Crippen LogP contribution is -2.22. The fourth-order valence-corrected chi connectivity index (χ4v) is 3.61. The van der Waals surface area contributed by atoms with E-state index in [1.54, 1.807) is 17.5 Å². The Morgan fingerprint density at radius 1 is 1.07 bits per heavy atom. The Kier molecular flexibility index (Phi) is 5.07. The van der Waals surface area contributed by atoms with Crippen LogP contribution in [0, 0.1) is 0 Å². The smallest absolute Gasteiger partial charge is 0.251 e. The number of nitrogens with one attached hydrogen (secondary N) is 1. The average Bonchev–Trinajstić information content (AvgIpc) is 3.39. The van der Waals surface area contributed by atoms with Crippen LogP contribution in [0.15, 0.2) is 78.6 Å². The van der Waals surface area contributed by atoms with Crippen molar-refractivity contribution in [2.24, 2.45) is 0 Å². The molecule has 4 rings (SSSR count). The molecule has 0 atom stereocenters. The minimum atomic E-state index is -0.0928. The van der Waals surface area contributed by atoms with E-state index in [2.05, 4.69) is 15.4 Å². The first-order chi connectivity index (χ1) is 13.3. The van der Waals surface area contributed by atoms with E-state index in [9.17, 15) is 4.79 Å². The molecule has 0 unspecified atom stereocenters. The lowest BCUT2D eigenvalue weighted by molar-refractivity contribution is 0.0951. The third-order valence-corrected chi connectivity index (χ3v) is 5.02. The van der Waals surface area contributed by atoms with Gasteiger partial charge in [0.25, 0.3) is 5.91 Å². The van der Waals surface area contributed by atoms with Gasteiger partial charge in [0.2, 0.25) is 0 Å². The highest BCUT2D eigenvalue weighted by Crippen LogP contribution is 2.25. The number of carbonyl (C=O) groups excluding carboxylic acids is 1. The summed E-state index contributed by atoms with van der Waals surface area (Å²) in [5.74, 6) is -0.0928. The monoisotopic (exact) mass is 374 g/mol. The molecule has 0 saturated heterocycles. The molecule has 5 nitrogen and oxygen atoms in total. The first-order valence-electron chi connectivity index (χ1n) is 8.62. The van der Waals surface area contributed by atoms with Crippen molar-refractivity contribution < 1.29 is 4.79 Å². The third kappa shape index (κ3) is 4.12. The molecule has 0 spiro atoms. The number of carbonyl (C=O) groups is 1. The van der Waals surface area contributed by atoms with Crippen molar-refractivity contribution in [2.75, 3.05) is 0 Å². The van der Waals surface area contributed by atoms with Crippen LogP contribution >= 0.6 is 11.3 Å². The van der Waals surface area contributed by atoms with Gasteiger partial charge in [0.15, 0.2) is 0 Å². The fourth-order valence-electron chi connectivity index (χ4n) is 2.88. The minimum absolute atomic E-state index is 0.0928. The van der Waals surface area contributed by atoms with Crippen molar-refractivity contribution in [1.82, 2.24) is 20.1 Å². The van der Waals surface area contributed by atoms with Crippen LogP contribution in [-0.2, 0) is 13.1 Å². The van der Waals surface area contributed by atoms with Gasteiger partial charge < -0.3 is 5.32 Å². The maximum Gasteiger partial charge on any atom is 0.251 e. The van der Waals surface area contributed by atoms with Crippen molar-refractivity contribution in [3.05, 3.63) is 94.6 Å². The van der Waals surface area contributed by atoms with Crippen LogP contribution in [0.1, 0.15) is 20.8 Å². The maximum atomic E-state index is 12.6. The molecule has 0 aliphatic heterocycles. The van der Waals surface area contributed by atoms with Crippen LogP contribution in [-0.4, -0.2) is 20.7 Å². The number of thiazole rings is 1. The Morgan fingerprint density at radius 3 is 2.78 bits per heavy atom. The zero-order chi connectivity index (χ0) is 18.5. The lowest BCUT2D eigenvalue weighted by atomic mass is 10.1. The van der Waals surface area contributed by atoms with Crippen molar-refractivity contribution >= 4 is 17.2 Å². The average molecular weight is 374 g/mol. The summed E-state index contributed by atoms with van der Waals surface area (Å²) in [6, 6.07) is 19.5.